The number of fused-ring (bicyclic) bond motifs is 1. The largest absolute Gasteiger partial charge is 0.489 e. The number of carbonyl (C=O) groups is 1. The first-order valence-corrected chi connectivity index (χ1v) is 15.5. The van der Waals surface area contributed by atoms with E-state index in [1.54, 1.807) is 4.90 Å². The molecular formula is C32H31F3N4O5S. The molecule has 5 rings (SSSR count). The number of rotatable bonds is 10. The Bertz CT molecular complexity index is 1800. The fourth-order valence-corrected chi connectivity index (χ4v) is 5.98. The highest BCUT2D eigenvalue weighted by Gasteiger charge is 2.30. The number of ether oxygens (including phenoxy) is 1. The zero-order valence-electron chi connectivity index (χ0n) is 24.3. The van der Waals surface area contributed by atoms with E-state index in [1.807, 2.05) is 42.2 Å². The van der Waals surface area contributed by atoms with E-state index in [1.165, 1.54) is 36.4 Å². The molecule has 2 heterocycles. The summed E-state index contributed by atoms with van der Waals surface area (Å²) in [6.45, 7) is 4.03. The number of carboxylic acids is 1. The number of nitrogens with zero attached hydrogens (tertiary/aromatic N) is 3. The van der Waals surface area contributed by atoms with Gasteiger partial charge in [-0.15, -0.1) is 0 Å². The third-order valence-corrected chi connectivity index (χ3v) is 8.75. The highest BCUT2D eigenvalue weighted by Crippen LogP contribution is 2.29. The van der Waals surface area contributed by atoms with Crippen molar-refractivity contribution in [3.05, 3.63) is 113 Å². The second-order valence-corrected chi connectivity index (χ2v) is 12.3. The quantitative estimate of drug-likeness (QED) is 0.229. The van der Waals surface area contributed by atoms with Crippen LogP contribution in [-0.4, -0.2) is 60.5 Å². The maximum Gasteiger partial charge on any atom is 0.416 e. The molecule has 4 aromatic rings. The molecule has 0 radical (unpaired) electrons. The molecule has 0 bridgehead atoms. The maximum atomic E-state index is 13.0. The third-order valence-electron chi connectivity index (χ3n) is 7.43. The Hall–Kier alpha value is -4.62. The lowest BCUT2D eigenvalue weighted by atomic mass is 10.1. The van der Waals surface area contributed by atoms with Crippen LogP contribution in [0.1, 0.15) is 22.4 Å². The predicted octanol–water partition coefficient (Wildman–Crippen LogP) is 5.16. The lowest BCUT2D eigenvalue weighted by Crippen LogP contribution is -2.46. The molecule has 0 unspecified atom stereocenters. The summed E-state index contributed by atoms with van der Waals surface area (Å²) in [6.07, 6.45) is -3.44. The van der Waals surface area contributed by atoms with Crippen LogP contribution in [0.4, 0.5) is 13.2 Å². The van der Waals surface area contributed by atoms with Gasteiger partial charge in [0, 0.05) is 55.6 Å². The molecule has 1 saturated heterocycles. The van der Waals surface area contributed by atoms with Crippen LogP contribution in [0.2, 0.25) is 0 Å². The molecule has 236 valence electrons. The van der Waals surface area contributed by atoms with Gasteiger partial charge in [0.05, 0.1) is 16.0 Å². The molecule has 0 saturated carbocycles. The van der Waals surface area contributed by atoms with Crippen LogP contribution in [0.25, 0.3) is 10.9 Å². The Morgan fingerprint density at radius 3 is 2.31 bits per heavy atom. The first-order chi connectivity index (χ1) is 21.4. The van der Waals surface area contributed by atoms with Crippen molar-refractivity contribution in [1.29, 1.82) is 0 Å². The van der Waals surface area contributed by atoms with Crippen molar-refractivity contribution in [2.24, 2.45) is 0 Å². The average Bonchev–Trinajstić information content (AvgIpc) is 3.00. The van der Waals surface area contributed by atoms with Crippen molar-refractivity contribution >= 4 is 26.9 Å². The van der Waals surface area contributed by atoms with Crippen molar-refractivity contribution < 1.29 is 36.2 Å². The van der Waals surface area contributed by atoms with Crippen molar-refractivity contribution in [2.45, 2.75) is 31.1 Å². The summed E-state index contributed by atoms with van der Waals surface area (Å²) in [7, 11) is -4.08. The molecular weight excluding hydrogens is 609 g/mol. The summed E-state index contributed by atoms with van der Waals surface area (Å²) < 4.78 is 72.6. The van der Waals surface area contributed by atoms with E-state index >= 15 is 0 Å². The summed E-state index contributed by atoms with van der Waals surface area (Å²) in [5, 5.41) is 10.8. The second kappa shape index (κ2) is 13.2. The number of pyridine rings is 1. The molecule has 45 heavy (non-hydrogen) atoms. The van der Waals surface area contributed by atoms with E-state index in [0.717, 1.165) is 40.5 Å². The molecule has 0 aliphatic carbocycles. The summed E-state index contributed by atoms with van der Waals surface area (Å²) in [4.78, 5) is 20.0. The van der Waals surface area contributed by atoms with E-state index in [0.29, 0.717) is 44.0 Å². The number of piperazine rings is 1. The summed E-state index contributed by atoms with van der Waals surface area (Å²) >= 11 is 0. The number of halogens is 3. The number of alkyl halides is 3. The number of sulfonamides is 1. The van der Waals surface area contributed by atoms with Crippen molar-refractivity contribution in [2.75, 3.05) is 26.2 Å². The van der Waals surface area contributed by atoms with Crippen molar-refractivity contribution in [3.8, 4) is 5.75 Å². The number of para-hydroxylation sites is 1. The minimum absolute atomic E-state index is 0.0672. The molecule has 1 aliphatic heterocycles. The zero-order chi connectivity index (χ0) is 32.2. The highest BCUT2D eigenvalue weighted by molar-refractivity contribution is 7.89. The number of carboxylic acid groups (broad SMARTS) is 1. The Balaban J connectivity index is 1.17. The van der Waals surface area contributed by atoms with Crippen LogP contribution >= 0.6 is 0 Å². The van der Waals surface area contributed by atoms with Crippen LogP contribution in [0.15, 0.2) is 95.7 Å². The number of hydrogen-bond acceptors (Lipinski definition) is 7. The lowest BCUT2D eigenvalue weighted by Gasteiger charge is -2.36. The van der Waals surface area contributed by atoms with Gasteiger partial charge < -0.3 is 14.7 Å². The standard InChI is InChI=1S/C32H31F3N4O5S/c1-22-18-24(28-4-2-3-5-29(28)37-22)21-44-26-10-12-27(13-11-26)45(42,43)36-19-30(31(40)41)39-16-14-38(15-17-39)20-23-6-8-25(9-7-23)32(33,34)35/h2-13,18-19,36H,14-17,20-21H2,1H3,(H,40,41). The van der Waals surface area contributed by atoms with Gasteiger partial charge in [-0.2, -0.15) is 13.2 Å². The number of aryl methyl sites for hydroxylation is 1. The Kier molecular flexibility index (Phi) is 9.30. The fraction of sp³-hybridized carbons (Fsp3) is 0.250. The topological polar surface area (TPSA) is 112 Å². The van der Waals surface area contributed by atoms with E-state index in [2.05, 4.69) is 9.71 Å². The van der Waals surface area contributed by atoms with Gasteiger partial charge in [-0.1, -0.05) is 30.3 Å². The molecule has 0 spiro atoms. The Morgan fingerprint density at radius 2 is 1.67 bits per heavy atom. The third kappa shape index (κ3) is 7.91. The van der Waals surface area contributed by atoms with Gasteiger partial charge in [0.25, 0.3) is 10.0 Å². The smallest absolute Gasteiger partial charge is 0.416 e. The molecule has 1 fully saturated rings. The number of hydrogen-bond donors (Lipinski definition) is 2. The SMILES string of the molecule is Cc1cc(COc2ccc(S(=O)(=O)NC=C(C(=O)O)N3CCN(Cc4ccc(C(F)(F)F)cc4)CC3)cc2)c2ccccc2n1. The van der Waals surface area contributed by atoms with Crippen LogP contribution in [0.5, 0.6) is 5.75 Å². The molecule has 0 atom stereocenters. The molecule has 13 heteroatoms. The van der Waals surface area contributed by atoms with E-state index < -0.39 is 27.7 Å². The number of aliphatic carboxylic acids is 1. The van der Waals surface area contributed by atoms with Crippen LogP contribution in [0.3, 0.4) is 0 Å². The monoisotopic (exact) mass is 640 g/mol. The zero-order valence-corrected chi connectivity index (χ0v) is 25.1. The van der Waals surface area contributed by atoms with E-state index in [9.17, 15) is 31.5 Å². The maximum absolute atomic E-state index is 13.0. The normalized spacial score (nSPS) is 14.8. The number of aromatic nitrogens is 1. The minimum Gasteiger partial charge on any atom is -0.489 e. The average molecular weight is 641 g/mol. The lowest BCUT2D eigenvalue weighted by molar-refractivity contribution is -0.137. The van der Waals surface area contributed by atoms with Gasteiger partial charge in [0.15, 0.2) is 0 Å². The molecule has 1 aliphatic rings. The molecule has 0 amide bonds. The first kappa shape index (κ1) is 31.8. The van der Waals surface area contributed by atoms with Gasteiger partial charge in [-0.05, 0) is 61.0 Å². The van der Waals surface area contributed by atoms with Gasteiger partial charge in [-0.3, -0.25) is 14.6 Å². The summed E-state index contributed by atoms with van der Waals surface area (Å²) in [6, 6.07) is 20.4. The van der Waals surface area contributed by atoms with E-state index in [-0.39, 0.29) is 17.2 Å². The summed E-state index contributed by atoms with van der Waals surface area (Å²) in [5.41, 5.74) is 2.43. The van der Waals surface area contributed by atoms with Gasteiger partial charge >= 0.3 is 12.1 Å². The number of nitrogens with one attached hydrogen (secondary N) is 1. The number of benzene rings is 3. The van der Waals surface area contributed by atoms with E-state index in [4.69, 9.17) is 4.74 Å². The molecule has 9 nitrogen and oxygen atoms in total. The van der Waals surface area contributed by atoms with Gasteiger partial charge in [0.1, 0.15) is 18.1 Å². The Labute approximate surface area is 258 Å². The fourth-order valence-electron chi connectivity index (χ4n) is 5.08. The molecule has 2 N–H and O–H groups in total. The van der Waals surface area contributed by atoms with Crippen LogP contribution < -0.4 is 9.46 Å². The summed E-state index contributed by atoms with van der Waals surface area (Å²) in [5.74, 6) is -0.833. The van der Waals surface area contributed by atoms with Gasteiger partial charge in [-0.25, -0.2) is 13.2 Å². The highest BCUT2D eigenvalue weighted by atomic mass is 32.2. The van der Waals surface area contributed by atoms with Crippen LogP contribution in [0, 0.1) is 6.92 Å². The second-order valence-electron chi connectivity index (χ2n) is 10.6. The molecule has 3 aromatic carbocycles. The van der Waals surface area contributed by atoms with Crippen molar-refractivity contribution in [3.63, 3.8) is 0 Å². The predicted molar refractivity (Wildman–Crippen MR) is 162 cm³/mol. The first-order valence-electron chi connectivity index (χ1n) is 14.1. The van der Waals surface area contributed by atoms with Gasteiger partial charge in [0.2, 0.25) is 0 Å². The Morgan fingerprint density at radius 1 is 1.00 bits per heavy atom. The van der Waals surface area contributed by atoms with Crippen LogP contribution in [-0.2, 0) is 34.1 Å². The molecule has 1 aromatic heterocycles. The van der Waals surface area contributed by atoms with Crippen molar-refractivity contribution in [1.82, 2.24) is 19.5 Å². The minimum atomic E-state index is -4.40.